The predicted octanol–water partition coefficient (Wildman–Crippen LogP) is 16.0. The van der Waals surface area contributed by atoms with Gasteiger partial charge in [-0.15, -0.1) is 0 Å². The third-order valence-electron chi connectivity index (χ3n) is 10.1. The van der Waals surface area contributed by atoms with Gasteiger partial charge in [0.1, 0.15) is 13.2 Å². The van der Waals surface area contributed by atoms with Crippen LogP contribution in [0, 0.1) is 0 Å². The van der Waals surface area contributed by atoms with Gasteiger partial charge in [0.25, 0.3) is 0 Å². The normalized spacial score (nSPS) is 12.8. The molecule has 0 aliphatic carbocycles. The van der Waals surface area contributed by atoms with Crippen molar-refractivity contribution >= 4 is 17.9 Å². The van der Waals surface area contributed by atoms with Crippen LogP contribution in [-0.2, 0) is 28.6 Å². The van der Waals surface area contributed by atoms with E-state index in [-0.39, 0.29) is 31.1 Å². The topological polar surface area (TPSA) is 78.9 Å². The average Bonchev–Trinajstić information content (AvgIpc) is 3.24. The van der Waals surface area contributed by atoms with E-state index in [0.29, 0.717) is 19.3 Å². The largest absolute Gasteiger partial charge is 0.462 e. The summed E-state index contributed by atoms with van der Waals surface area (Å²) in [6.45, 7) is 6.42. The molecule has 0 N–H and O–H groups in total. The molecule has 60 heavy (non-hydrogen) atoms. The van der Waals surface area contributed by atoms with Gasteiger partial charge in [-0.3, -0.25) is 14.4 Å². The quantitative estimate of drug-likeness (QED) is 0.0263. The molecule has 0 heterocycles. The van der Waals surface area contributed by atoms with Crippen molar-refractivity contribution < 1.29 is 28.6 Å². The van der Waals surface area contributed by atoms with Crippen LogP contribution >= 0.6 is 0 Å². The summed E-state index contributed by atoms with van der Waals surface area (Å²) in [7, 11) is 0. The van der Waals surface area contributed by atoms with E-state index in [1.807, 2.05) is 0 Å². The second-order valence-electron chi connectivity index (χ2n) is 16.0. The lowest BCUT2D eigenvalue weighted by molar-refractivity contribution is -0.167. The molecule has 0 saturated carbocycles. The summed E-state index contributed by atoms with van der Waals surface area (Å²) < 4.78 is 16.7. The van der Waals surface area contributed by atoms with Gasteiger partial charge in [0.05, 0.1) is 0 Å². The molecule has 6 heteroatoms. The highest BCUT2D eigenvalue weighted by Crippen LogP contribution is 2.13. The molecule has 0 saturated heterocycles. The van der Waals surface area contributed by atoms with Gasteiger partial charge in [0.2, 0.25) is 0 Å². The highest BCUT2D eigenvalue weighted by Gasteiger charge is 2.19. The third-order valence-corrected chi connectivity index (χ3v) is 10.1. The van der Waals surface area contributed by atoms with Crippen LogP contribution in [-0.4, -0.2) is 37.2 Å². The zero-order chi connectivity index (χ0) is 43.7. The minimum Gasteiger partial charge on any atom is -0.462 e. The fourth-order valence-electron chi connectivity index (χ4n) is 6.44. The fraction of sp³-hybridized carbons (Fsp3) is 0.685. The first kappa shape index (κ1) is 56.6. The zero-order valence-corrected chi connectivity index (χ0v) is 38.9. The van der Waals surface area contributed by atoms with Crippen LogP contribution in [0.15, 0.2) is 85.1 Å². The van der Waals surface area contributed by atoms with Crippen molar-refractivity contribution in [3.63, 3.8) is 0 Å². The summed E-state index contributed by atoms with van der Waals surface area (Å²) in [6.07, 6.45) is 61.5. The molecule has 0 aromatic heterocycles. The molecule has 0 aromatic carbocycles. The Hall–Kier alpha value is -3.41. The Morgan fingerprint density at radius 2 is 0.650 bits per heavy atom. The number of hydrogen-bond donors (Lipinski definition) is 0. The van der Waals surface area contributed by atoms with Gasteiger partial charge in [-0.2, -0.15) is 0 Å². The molecule has 0 spiro atoms. The molecule has 0 bridgehead atoms. The van der Waals surface area contributed by atoms with Gasteiger partial charge in [0, 0.05) is 19.3 Å². The van der Waals surface area contributed by atoms with Crippen molar-refractivity contribution in [2.24, 2.45) is 0 Å². The van der Waals surface area contributed by atoms with Crippen molar-refractivity contribution in [3.05, 3.63) is 85.1 Å². The van der Waals surface area contributed by atoms with Crippen LogP contribution in [0.1, 0.15) is 220 Å². The van der Waals surface area contributed by atoms with E-state index >= 15 is 0 Å². The Balaban J connectivity index is 4.39. The Morgan fingerprint density at radius 1 is 0.350 bits per heavy atom. The number of unbranched alkanes of at least 4 members (excludes halogenated alkanes) is 18. The summed E-state index contributed by atoms with van der Waals surface area (Å²) in [4.78, 5) is 37.7. The van der Waals surface area contributed by atoms with Gasteiger partial charge >= 0.3 is 17.9 Å². The van der Waals surface area contributed by atoms with E-state index in [9.17, 15) is 14.4 Å². The van der Waals surface area contributed by atoms with E-state index in [2.05, 4.69) is 106 Å². The standard InChI is InChI=1S/C54H90O6/c1-4-7-10-13-16-19-21-23-24-25-26-27-28-29-30-32-33-35-38-41-44-47-53(56)59-50-51(49-58-52(55)46-43-40-37-18-15-12-9-6-3)60-54(57)48-45-42-39-36-34-31-22-20-17-14-11-8-5-2/h7,10,16,19-20,22-24,26-27,29-30,33,35,51H,4-6,8-9,11-15,17-18,21,25,28,31-32,34,36-50H2,1-3H3/b10-7-,19-16-,22-20-,24-23-,27-26-,30-29-,35-33-. The summed E-state index contributed by atoms with van der Waals surface area (Å²) in [6, 6.07) is 0. The fourth-order valence-corrected chi connectivity index (χ4v) is 6.44. The Labute approximate surface area is 369 Å². The van der Waals surface area contributed by atoms with Crippen LogP contribution < -0.4 is 0 Å². The first-order valence-electron chi connectivity index (χ1n) is 24.6. The van der Waals surface area contributed by atoms with Crippen LogP contribution in [0.3, 0.4) is 0 Å². The number of allylic oxidation sites excluding steroid dienone is 14. The van der Waals surface area contributed by atoms with Crippen molar-refractivity contribution in [1.29, 1.82) is 0 Å². The highest BCUT2D eigenvalue weighted by atomic mass is 16.6. The molecule has 0 rings (SSSR count). The summed E-state index contributed by atoms with van der Waals surface area (Å²) >= 11 is 0. The van der Waals surface area contributed by atoms with Gasteiger partial charge in [0.15, 0.2) is 6.10 Å². The molecular formula is C54H90O6. The molecule has 0 aliphatic rings. The van der Waals surface area contributed by atoms with Crippen LogP contribution in [0.5, 0.6) is 0 Å². The number of carbonyl (C=O) groups excluding carboxylic acids is 3. The first-order valence-corrected chi connectivity index (χ1v) is 24.6. The number of ether oxygens (including phenoxy) is 3. The Bertz CT molecular complexity index is 1190. The first-order chi connectivity index (χ1) is 29.5. The predicted molar refractivity (Wildman–Crippen MR) is 256 cm³/mol. The maximum atomic E-state index is 12.7. The molecule has 0 aromatic rings. The van der Waals surface area contributed by atoms with E-state index < -0.39 is 6.10 Å². The summed E-state index contributed by atoms with van der Waals surface area (Å²) in [5, 5.41) is 0. The molecule has 0 fully saturated rings. The van der Waals surface area contributed by atoms with Gasteiger partial charge in [-0.1, -0.05) is 189 Å². The van der Waals surface area contributed by atoms with Crippen molar-refractivity contribution in [2.75, 3.05) is 13.2 Å². The number of rotatable bonds is 43. The lowest BCUT2D eigenvalue weighted by Gasteiger charge is -2.18. The maximum absolute atomic E-state index is 12.7. The lowest BCUT2D eigenvalue weighted by atomic mass is 10.1. The Morgan fingerprint density at radius 3 is 1.08 bits per heavy atom. The van der Waals surface area contributed by atoms with Gasteiger partial charge in [-0.25, -0.2) is 0 Å². The summed E-state index contributed by atoms with van der Waals surface area (Å²) in [5.74, 6) is -0.956. The average molecular weight is 835 g/mol. The third kappa shape index (κ3) is 45.7. The molecule has 1 atom stereocenters. The minimum absolute atomic E-state index is 0.0936. The molecule has 0 radical (unpaired) electrons. The van der Waals surface area contributed by atoms with E-state index in [4.69, 9.17) is 14.2 Å². The molecule has 342 valence electrons. The zero-order valence-electron chi connectivity index (χ0n) is 38.9. The minimum atomic E-state index is -0.795. The SMILES string of the molecule is CC/C=C\C/C=C\C/C=C\C/C=C\C/C=C\C/C=C\CCCCC(=O)OCC(COC(=O)CCCCCCCCCC)OC(=O)CCCCCCC/C=C\CCCCCC. The molecular weight excluding hydrogens is 745 g/mol. The van der Waals surface area contributed by atoms with Crippen molar-refractivity contribution in [3.8, 4) is 0 Å². The summed E-state index contributed by atoms with van der Waals surface area (Å²) in [5.41, 5.74) is 0. The lowest BCUT2D eigenvalue weighted by Crippen LogP contribution is -2.30. The van der Waals surface area contributed by atoms with Gasteiger partial charge in [-0.05, 0) is 96.3 Å². The van der Waals surface area contributed by atoms with E-state index in [1.54, 1.807) is 0 Å². The number of hydrogen-bond acceptors (Lipinski definition) is 6. The highest BCUT2D eigenvalue weighted by molar-refractivity contribution is 5.71. The second-order valence-corrected chi connectivity index (χ2v) is 16.0. The maximum Gasteiger partial charge on any atom is 0.306 e. The van der Waals surface area contributed by atoms with Crippen LogP contribution in [0.2, 0.25) is 0 Å². The number of carbonyl (C=O) groups is 3. The molecule has 1 unspecified atom stereocenters. The molecule has 0 amide bonds. The molecule has 6 nitrogen and oxygen atoms in total. The van der Waals surface area contributed by atoms with Gasteiger partial charge < -0.3 is 14.2 Å². The smallest absolute Gasteiger partial charge is 0.306 e. The van der Waals surface area contributed by atoms with E-state index in [0.717, 1.165) is 109 Å². The molecule has 0 aliphatic heterocycles. The second kappa shape index (κ2) is 48.3. The monoisotopic (exact) mass is 835 g/mol. The van der Waals surface area contributed by atoms with Crippen molar-refractivity contribution in [1.82, 2.24) is 0 Å². The van der Waals surface area contributed by atoms with Crippen LogP contribution in [0.25, 0.3) is 0 Å². The van der Waals surface area contributed by atoms with E-state index in [1.165, 1.54) is 70.6 Å². The Kier molecular flexibility index (Phi) is 45.5. The van der Waals surface area contributed by atoms with Crippen molar-refractivity contribution in [2.45, 2.75) is 226 Å². The number of esters is 3. The van der Waals surface area contributed by atoms with Crippen LogP contribution in [0.4, 0.5) is 0 Å².